The van der Waals surface area contributed by atoms with Crippen LogP contribution in [0, 0.1) is 5.82 Å². The van der Waals surface area contributed by atoms with Gasteiger partial charge in [-0.05, 0) is 23.8 Å². The van der Waals surface area contributed by atoms with Crippen molar-refractivity contribution in [1.29, 1.82) is 0 Å². The molecule has 7 heteroatoms. The highest BCUT2D eigenvalue weighted by atomic mass is 35.5. The number of thiazole rings is 1. The third-order valence-corrected chi connectivity index (χ3v) is 5.27. The summed E-state index contributed by atoms with van der Waals surface area (Å²) in [5.41, 5.74) is 6.16. The van der Waals surface area contributed by atoms with Gasteiger partial charge in [-0.15, -0.1) is 11.3 Å². The second-order valence-electron chi connectivity index (χ2n) is 6.35. The predicted octanol–water partition coefficient (Wildman–Crippen LogP) is 6.63. The fourth-order valence-corrected chi connectivity index (χ4v) is 3.60. The maximum Gasteiger partial charge on any atom is 0.203 e. The van der Waals surface area contributed by atoms with E-state index >= 15 is 0 Å². The lowest BCUT2D eigenvalue weighted by atomic mass is 10.2. The average Bonchev–Trinajstić information content (AvgIpc) is 3.25. The highest BCUT2D eigenvalue weighted by molar-refractivity contribution is 7.14. The van der Waals surface area contributed by atoms with Crippen molar-refractivity contribution in [3.63, 3.8) is 0 Å². The maximum atomic E-state index is 14.0. The fraction of sp³-hybridized carbons (Fsp3) is 0.0435. The average molecular weight is 438 g/mol. The van der Waals surface area contributed by atoms with E-state index in [9.17, 15) is 4.39 Å². The van der Waals surface area contributed by atoms with Crippen molar-refractivity contribution in [3.8, 4) is 17.0 Å². The van der Waals surface area contributed by atoms with Gasteiger partial charge in [0, 0.05) is 16.5 Å². The summed E-state index contributed by atoms with van der Waals surface area (Å²) in [4.78, 5) is 4.53. The molecule has 0 fully saturated rings. The topological polar surface area (TPSA) is 46.5 Å². The van der Waals surface area contributed by atoms with Crippen molar-refractivity contribution >= 4 is 34.3 Å². The smallest absolute Gasteiger partial charge is 0.203 e. The monoisotopic (exact) mass is 437 g/mol. The molecule has 0 unspecified atom stereocenters. The third-order valence-electron chi connectivity index (χ3n) is 4.23. The van der Waals surface area contributed by atoms with Crippen LogP contribution in [0.5, 0.6) is 5.75 Å². The second-order valence-corrected chi connectivity index (χ2v) is 7.61. The Labute approximate surface area is 182 Å². The van der Waals surface area contributed by atoms with Crippen molar-refractivity contribution in [3.05, 3.63) is 100 Å². The first-order valence-corrected chi connectivity index (χ1v) is 10.4. The summed E-state index contributed by atoms with van der Waals surface area (Å²) in [6.07, 6.45) is 1.68. The van der Waals surface area contributed by atoms with Gasteiger partial charge in [0.25, 0.3) is 0 Å². The molecule has 1 aromatic heterocycles. The first-order chi connectivity index (χ1) is 14.7. The summed E-state index contributed by atoms with van der Waals surface area (Å²) in [7, 11) is 0. The maximum absolute atomic E-state index is 14.0. The molecule has 3 aromatic carbocycles. The van der Waals surface area contributed by atoms with Gasteiger partial charge in [-0.25, -0.2) is 9.37 Å². The number of hydrazone groups is 1. The van der Waals surface area contributed by atoms with Gasteiger partial charge < -0.3 is 4.74 Å². The van der Waals surface area contributed by atoms with Crippen molar-refractivity contribution in [2.75, 3.05) is 5.43 Å². The van der Waals surface area contributed by atoms with E-state index in [1.165, 1.54) is 17.4 Å². The highest BCUT2D eigenvalue weighted by Crippen LogP contribution is 2.24. The minimum atomic E-state index is -0.459. The summed E-state index contributed by atoms with van der Waals surface area (Å²) in [5, 5.41) is 7.01. The molecule has 0 atom stereocenters. The van der Waals surface area contributed by atoms with Gasteiger partial charge in [-0.3, -0.25) is 5.43 Å². The van der Waals surface area contributed by atoms with E-state index in [0.717, 1.165) is 16.8 Å². The Morgan fingerprint density at radius 3 is 2.77 bits per heavy atom. The molecule has 0 spiro atoms. The summed E-state index contributed by atoms with van der Waals surface area (Å²) >= 11 is 7.29. The minimum absolute atomic E-state index is 0.0840. The number of anilines is 1. The van der Waals surface area contributed by atoms with Gasteiger partial charge in [-0.2, -0.15) is 5.10 Å². The van der Waals surface area contributed by atoms with Crippen LogP contribution in [-0.2, 0) is 6.61 Å². The standard InChI is InChI=1S/C23H17ClFN3OS/c24-20-11-5-9-18(22(20)25)14-29-19-10-4-6-16(12-19)13-26-28-23-27-21(15-30-23)17-7-2-1-3-8-17/h1-13,15H,14H2,(H,27,28). The highest BCUT2D eigenvalue weighted by Gasteiger charge is 2.07. The van der Waals surface area contributed by atoms with Gasteiger partial charge in [0.15, 0.2) is 0 Å². The Hall–Kier alpha value is -3.22. The van der Waals surface area contributed by atoms with Crippen LogP contribution in [0.2, 0.25) is 5.02 Å². The third kappa shape index (κ3) is 5.03. The predicted molar refractivity (Wildman–Crippen MR) is 121 cm³/mol. The molecule has 4 rings (SSSR count). The molecule has 30 heavy (non-hydrogen) atoms. The van der Waals surface area contributed by atoms with Gasteiger partial charge in [0.2, 0.25) is 5.13 Å². The summed E-state index contributed by atoms with van der Waals surface area (Å²) in [6.45, 7) is 0.0899. The molecule has 0 aliphatic carbocycles. The Balaban J connectivity index is 1.37. The van der Waals surface area contributed by atoms with Crippen LogP contribution in [0.1, 0.15) is 11.1 Å². The van der Waals surface area contributed by atoms with Gasteiger partial charge in [0.05, 0.1) is 16.9 Å². The molecule has 0 saturated heterocycles. The second kappa shape index (κ2) is 9.52. The number of halogens is 2. The van der Waals surface area contributed by atoms with Crippen molar-refractivity contribution < 1.29 is 9.13 Å². The van der Waals surface area contributed by atoms with Crippen LogP contribution in [0.4, 0.5) is 9.52 Å². The van der Waals surface area contributed by atoms with Crippen molar-refractivity contribution in [1.82, 2.24) is 4.98 Å². The number of nitrogens with zero attached hydrogens (tertiary/aromatic N) is 2. The lowest BCUT2D eigenvalue weighted by molar-refractivity contribution is 0.300. The lowest BCUT2D eigenvalue weighted by Gasteiger charge is -2.08. The molecule has 0 aliphatic heterocycles. The molecule has 0 saturated carbocycles. The Morgan fingerprint density at radius 2 is 1.90 bits per heavy atom. The zero-order valence-electron chi connectivity index (χ0n) is 15.8. The molecule has 4 nitrogen and oxygen atoms in total. The number of ether oxygens (including phenoxy) is 1. The van der Waals surface area contributed by atoms with E-state index in [2.05, 4.69) is 15.5 Å². The van der Waals surface area contributed by atoms with Crippen LogP contribution >= 0.6 is 22.9 Å². The molecule has 0 radical (unpaired) electrons. The number of hydrogen-bond acceptors (Lipinski definition) is 5. The van der Waals surface area contributed by atoms with Gasteiger partial charge in [-0.1, -0.05) is 66.2 Å². The molecular weight excluding hydrogens is 421 g/mol. The number of nitrogens with one attached hydrogen (secondary N) is 1. The molecule has 0 amide bonds. The van der Waals surface area contributed by atoms with Crippen LogP contribution in [-0.4, -0.2) is 11.2 Å². The van der Waals surface area contributed by atoms with Crippen molar-refractivity contribution in [2.24, 2.45) is 5.10 Å². The summed E-state index contributed by atoms with van der Waals surface area (Å²) in [6, 6.07) is 22.2. The number of rotatable bonds is 7. The van der Waals surface area contributed by atoms with E-state index in [4.69, 9.17) is 16.3 Å². The molecule has 1 N–H and O–H groups in total. The molecular formula is C23H17ClFN3OS. The van der Waals surface area contributed by atoms with Gasteiger partial charge >= 0.3 is 0 Å². The number of benzene rings is 3. The van der Waals surface area contributed by atoms with E-state index < -0.39 is 5.82 Å². The zero-order chi connectivity index (χ0) is 20.8. The first-order valence-electron chi connectivity index (χ1n) is 9.15. The van der Waals surface area contributed by atoms with Gasteiger partial charge in [0.1, 0.15) is 18.2 Å². The Bertz CT molecular complexity index is 1160. The van der Waals surface area contributed by atoms with E-state index in [1.807, 2.05) is 53.9 Å². The largest absolute Gasteiger partial charge is 0.489 e. The normalized spacial score (nSPS) is 11.0. The Kier molecular flexibility index (Phi) is 6.37. The van der Waals surface area contributed by atoms with E-state index in [0.29, 0.717) is 16.4 Å². The number of hydrogen-bond donors (Lipinski definition) is 1. The lowest BCUT2D eigenvalue weighted by Crippen LogP contribution is -1.99. The molecule has 1 heterocycles. The first kappa shape index (κ1) is 20.1. The Morgan fingerprint density at radius 1 is 1.07 bits per heavy atom. The number of aromatic nitrogens is 1. The molecule has 150 valence electrons. The van der Waals surface area contributed by atoms with Crippen LogP contribution < -0.4 is 10.2 Å². The van der Waals surface area contributed by atoms with E-state index in [-0.39, 0.29) is 11.6 Å². The van der Waals surface area contributed by atoms with Crippen molar-refractivity contribution in [2.45, 2.75) is 6.61 Å². The molecule has 0 aliphatic rings. The summed E-state index contributed by atoms with van der Waals surface area (Å²) in [5.74, 6) is 0.151. The molecule has 4 aromatic rings. The fourth-order valence-electron chi connectivity index (χ4n) is 2.73. The quantitative estimate of drug-likeness (QED) is 0.261. The molecule has 0 bridgehead atoms. The minimum Gasteiger partial charge on any atom is -0.489 e. The van der Waals surface area contributed by atoms with Crippen LogP contribution in [0.15, 0.2) is 83.3 Å². The van der Waals surface area contributed by atoms with E-state index in [1.54, 1.807) is 24.4 Å². The van der Waals surface area contributed by atoms with Crippen LogP contribution in [0.3, 0.4) is 0 Å². The summed E-state index contributed by atoms with van der Waals surface area (Å²) < 4.78 is 19.7. The SMILES string of the molecule is Fc1c(Cl)cccc1COc1cccc(C=NNc2nc(-c3ccccc3)cs2)c1. The zero-order valence-corrected chi connectivity index (χ0v) is 17.3. The van der Waals surface area contributed by atoms with Crippen LogP contribution in [0.25, 0.3) is 11.3 Å².